The highest BCUT2D eigenvalue weighted by molar-refractivity contribution is 9.10. The van der Waals surface area contributed by atoms with Crippen LogP contribution in [-0.2, 0) is 9.53 Å². The fraction of sp³-hybridized carbons (Fsp3) is 0.389. The Balaban J connectivity index is 2.16. The maximum absolute atomic E-state index is 12.2. The molecule has 0 aromatic heterocycles. The number of amides is 1. The molecule has 0 radical (unpaired) electrons. The number of hydrogen-bond acceptors (Lipinski definition) is 6. The summed E-state index contributed by atoms with van der Waals surface area (Å²) in [6.07, 6.45) is 3.35. The van der Waals surface area contributed by atoms with E-state index in [9.17, 15) is 10.1 Å². The lowest BCUT2D eigenvalue weighted by molar-refractivity contribution is -0.117. The number of carbonyl (C=O) groups is 1. The third-order valence-electron chi connectivity index (χ3n) is 3.72. The second-order valence-corrected chi connectivity index (χ2v) is 6.35. The van der Waals surface area contributed by atoms with E-state index in [4.69, 9.17) is 19.5 Å². The van der Waals surface area contributed by atoms with Crippen LogP contribution in [0, 0.1) is 22.7 Å². The van der Waals surface area contributed by atoms with Gasteiger partial charge in [-0.25, -0.2) is 0 Å². The Hall–Kier alpha value is -2.55. The fourth-order valence-electron chi connectivity index (χ4n) is 2.49. The molecule has 0 aliphatic carbocycles. The van der Waals surface area contributed by atoms with Gasteiger partial charge in [-0.3, -0.25) is 4.79 Å². The third kappa shape index (κ3) is 5.22. The van der Waals surface area contributed by atoms with E-state index < -0.39 is 5.91 Å². The molecule has 1 unspecified atom stereocenters. The number of rotatable bonds is 7. The van der Waals surface area contributed by atoms with Gasteiger partial charge in [-0.15, -0.1) is 0 Å². The lowest BCUT2D eigenvalue weighted by atomic mass is 10.1. The minimum absolute atomic E-state index is 0.00435. The van der Waals surface area contributed by atoms with Gasteiger partial charge in [-0.1, -0.05) is 0 Å². The van der Waals surface area contributed by atoms with E-state index in [2.05, 4.69) is 21.2 Å². The van der Waals surface area contributed by atoms with Crippen LogP contribution in [0.2, 0.25) is 0 Å². The number of nitrogens with one attached hydrogen (secondary N) is 1. The molecule has 1 aromatic rings. The van der Waals surface area contributed by atoms with Crippen LogP contribution in [0.25, 0.3) is 6.08 Å². The summed E-state index contributed by atoms with van der Waals surface area (Å²) >= 11 is 3.35. The molecule has 1 aliphatic rings. The van der Waals surface area contributed by atoms with E-state index in [1.165, 1.54) is 13.2 Å². The van der Waals surface area contributed by atoms with E-state index >= 15 is 0 Å². The average Bonchev–Trinajstić information content (AvgIpc) is 3.16. The summed E-state index contributed by atoms with van der Waals surface area (Å²) in [5.74, 6) is 0.313. The summed E-state index contributed by atoms with van der Waals surface area (Å²) in [4.78, 5) is 12.2. The third-order valence-corrected chi connectivity index (χ3v) is 4.31. The molecule has 1 N–H and O–H groups in total. The molecule has 8 heteroatoms. The Bertz CT molecular complexity index is 774. The molecule has 2 rings (SSSR count). The Morgan fingerprint density at radius 3 is 2.92 bits per heavy atom. The van der Waals surface area contributed by atoms with Crippen molar-refractivity contribution in [3.8, 4) is 23.6 Å². The molecule has 1 atom stereocenters. The highest BCUT2D eigenvalue weighted by Crippen LogP contribution is 2.37. The minimum atomic E-state index is -0.456. The predicted octanol–water partition coefficient (Wildman–Crippen LogP) is 2.56. The van der Waals surface area contributed by atoms with Crippen molar-refractivity contribution in [2.45, 2.75) is 18.9 Å². The molecule has 1 aliphatic heterocycles. The van der Waals surface area contributed by atoms with Crippen LogP contribution in [0.4, 0.5) is 0 Å². The highest BCUT2D eigenvalue weighted by atomic mass is 79.9. The number of nitriles is 2. The quantitative estimate of drug-likeness (QED) is 0.537. The second-order valence-electron chi connectivity index (χ2n) is 5.50. The smallest absolute Gasteiger partial charge is 0.262 e. The van der Waals surface area contributed by atoms with Crippen LogP contribution in [0.5, 0.6) is 11.5 Å². The molecule has 26 heavy (non-hydrogen) atoms. The molecule has 7 nitrogen and oxygen atoms in total. The summed E-state index contributed by atoms with van der Waals surface area (Å²) in [6.45, 7) is 0.959. The normalized spacial score (nSPS) is 16.5. The molecular weight excluding hydrogens is 402 g/mol. The van der Waals surface area contributed by atoms with Gasteiger partial charge in [-0.2, -0.15) is 10.5 Å². The van der Waals surface area contributed by atoms with Gasteiger partial charge >= 0.3 is 0 Å². The summed E-state index contributed by atoms with van der Waals surface area (Å²) < 4.78 is 16.6. The molecule has 0 spiro atoms. The van der Waals surface area contributed by atoms with Crippen LogP contribution in [0.1, 0.15) is 18.4 Å². The number of hydrogen-bond donors (Lipinski definition) is 1. The van der Waals surface area contributed by atoms with Gasteiger partial charge < -0.3 is 19.5 Å². The SMILES string of the molecule is COc1cc(C=C(C#N)C(=O)NCC2CCCO2)cc(Br)c1OCC#N. The molecule has 1 fully saturated rings. The zero-order valence-electron chi connectivity index (χ0n) is 14.3. The lowest BCUT2D eigenvalue weighted by Crippen LogP contribution is -2.32. The average molecular weight is 420 g/mol. The van der Waals surface area contributed by atoms with Crippen molar-refractivity contribution in [2.75, 3.05) is 26.9 Å². The Labute approximate surface area is 160 Å². The molecular formula is C18H18BrN3O4. The number of methoxy groups -OCH3 is 1. The largest absolute Gasteiger partial charge is 0.493 e. The van der Waals surface area contributed by atoms with Crippen LogP contribution in [0.3, 0.4) is 0 Å². The van der Waals surface area contributed by atoms with Crippen molar-refractivity contribution in [3.63, 3.8) is 0 Å². The first-order chi connectivity index (χ1) is 12.6. The number of halogens is 1. The van der Waals surface area contributed by atoms with E-state index in [0.29, 0.717) is 34.7 Å². The molecule has 1 saturated heterocycles. The maximum atomic E-state index is 12.2. The van der Waals surface area contributed by atoms with Crippen molar-refractivity contribution >= 4 is 27.9 Å². The van der Waals surface area contributed by atoms with Crippen molar-refractivity contribution < 1.29 is 19.0 Å². The first kappa shape index (κ1) is 19.8. The van der Waals surface area contributed by atoms with Gasteiger partial charge in [0, 0.05) is 13.2 Å². The molecule has 1 heterocycles. The summed E-state index contributed by atoms with van der Waals surface area (Å²) in [5, 5.41) is 20.7. The van der Waals surface area contributed by atoms with Crippen molar-refractivity contribution in [1.29, 1.82) is 10.5 Å². The highest BCUT2D eigenvalue weighted by Gasteiger charge is 2.18. The minimum Gasteiger partial charge on any atom is -0.493 e. The van der Waals surface area contributed by atoms with E-state index in [0.717, 1.165) is 12.8 Å². The van der Waals surface area contributed by atoms with Gasteiger partial charge in [0.15, 0.2) is 18.1 Å². The van der Waals surface area contributed by atoms with Gasteiger partial charge in [-0.05, 0) is 52.5 Å². The number of ether oxygens (including phenoxy) is 3. The second kappa shape index (κ2) is 9.81. The topological polar surface area (TPSA) is 104 Å². The van der Waals surface area contributed by atoms with Crippen LogP contribution >= 0.6 is 15.9 Å². The van der Waals surface area contributed by atoms with Gasteiger partial charge in [0.05, 0.1) is 17.7 Å². The number of benzene rings is 1. The number of carbonyl (C=O) groups excluding carboxylic acids is 1. The van der Waals surface area contributed by atoms with Gasteiger partial charge in [0.2, 0.25) is 0 Å². The maximum Gasteiger partial charge on any atom is 0.262 e. The zero-order chi connectivity index (χ0) is 18.9. The molecule has 1 aromatic carbocycles. The molecule has 0 saturated carbocycles. The first-order valence-corrected chi connectivity index (χ1v) is 8.77. The van der Waals surface area contributed by atoms with E-state index in [1.54, 1.807) is 12.1 Å². The zero-order valence-corrected chi connectivity index (χ0v) is 15.8. The predicted molar refractivity (Wildman–Crippen MR) is 97.4 cm³/mol. The Kier molecular flexibility index (Phi) is 7.46. The lowest BCUT2D eigenvalue weighted by Gasteiger charge is -2.12. The van der Waals surface area contributed by atoms with Crippen LogP contribution in [-0.4, -0.2) is 38.9 Å². The number of nitrogens with zero attached hydrogens (tertiary/aromatic N) is 2. The molecule has 136 valence electrons. The fourth-order valence-corrected chi connectivity index (χ4v) is 3.06. The van der Waals surface area contributed by atoms with Crippen LogP contribution in [0.15, 0.2) is 22.2 Å². The monoisotopic (exact) mass is 419 g/mol. The van der Waals surface area contributed by atoms with Crippen molar-refractivity contribution in [2.24, 2.45) is 0 Å². The Morgan fingerprint density at radius 1 is 1.50 bits per heavy atom. The summed E-state index contributed by atoms with van der Waals surface area (Å²) in [5.41, 5.74) is 0.560. The summed E-state index contributed by atoms with van der Waals surface area (Å²) in [7, 11) is 1.47. The molecule has 1 amide bonds. The van der Waals surface area contributed by atoms with Gasteiger partial charge in [0.1, 0.15) is 17.7 Å². The van der Waals surface area contributed by atoms with Crippen LogP contribution < -0.4 is 14.8 Å². The van der Waals surface area contributed by atoms with E-state index in [1.807, 2.05) is 12.1 Å². The van der Waals surface area contributed by atoms with Gasteiger partial charge in [0.25, 0.3) is 5.91 Å². The first-order valence-electron chi connectivity index (χ1n) is 7.98. The van der Waals surface area contributed by atoms with Crippen molar-refractivity contribution in [3.05, 3.63) is 27.7 Å². The van der Waals surface area contributed by atoms with E-state index in [-0.39, 0.29) is 18.3 Å². The molecule has 0 bridgehead atoms. The van der Waals surface area contributed by atoms with Crippen molar-refractivity contribution in [1.82, 2.24) is 5.32 Å². The summed E-state index contributed by atoms with van der Waals surface area (Å²) in [6, 6.07) is 7.10. The Morgan fingerprint density at radius 2 is 2.31 bits per heavy atom. The standard InChI is InChI=1S/C18H18BrN3O4/c1-24-16-9-12(8-15(19)17(16)26-6-4-20)7-13(10-21)18(23)22-11-14-3-2-5-25-14/h7-9,14H,2-3,5-6,11H2,1H3,(H,22,23).